The van der Waals surface area contributed by atoms with Crippen LogP contribution in [0.3, 0.4) is 0 Å². The van der Waals surface area contributed by atoms with Crippen molar-refractivity contribution in [2.24, 2.45) is 17.8 Å². The number of ketones is 1. The number of hydrogen-bond donors (Lipinski definition) is 0. The highest BCUT2D eigenvalue weighted by molar-refractivity contribution is 5.89. The van der Waals surface area contributed by atoms with Crippen LogP contribution >= 0.6 is 12.4 Å². The van der Waals surface area contributed by atoms with E-state index in [0.29, 0.717) is 30.1 Å². The van der Waals surface area contributed by atoms with Crippen molar-refractivity contribution >= 4 is 18.2 Å². The molecule has 2 saturated carbocycles. The molecule has 0 aromatic heterocycles. The average Bonchev–Trinajstić information content (AvgIpc) is 3.42. The van der Waals surface area contributed by atoms with Crippen molar-refractivity contribution in [3.63, 3.8) is 0 Å². The molecule has 1 spiro atoms. The number of carbonyl (C=O) groups excluding carboxylic acids is 1. The van der Waals surface area contributed by atoms with E-state index in [4.69, 9.17) is 9.47 Å². The molecule has 152 valence electrons. The van der Waals surface area contributed by atoms with Crippen molar-refractivity contribution in [2.75, 3.05) is 20.2 Å². The number of rotatable bonds is 4. The summed E-state index contributed by atoms with van der Waals surface area (Å²) < 4.78 is 12.1. The fraction of sp³-hybridized carbons (Fsp3) is 0.696. The number of ether oxygens (including phenoxy) is 2. The fourth-order valence-electron chi connectivity index (χ4n) is 7.06. The number of methoxy groups -OCH3 is 1. The van der Waals surface area contributed by atoms with Crippen LogP contribution in [0, 0.1) is 17.8 Å². The van der Waals surface area contributed by atoms with Gasteiger partial charge in [-0.25, -0.2) is 0 Å². The number of likely N-dealkylation sites (tertiary alicyclic amines) is 1. The van der Waals surface area contributed by atoms with E-state index >= 15 is 0 Å². The molecule has 5 heteroatoms. The SMILES string of the molecule is CC[C@H]1CC(=O)[C@@H]2Oc3c(OC)ccc4c3[C@@]23CCN(CC2CC2)[C@H](C4)[C@H]13.Cl. The number of hydrogen-bond acceptors (Lipinski definition) is 4. The summed E-state index contributed by atoms with van der Waals surface area (Å²) in [6.45, 7) is 4.64. The molecule has 2 aliphatic heterocycles. The van der Waals surface area contributed by atoms with Crippen molar-refractivity contribution in [1.82, 2.24) is 4.90 Å². The molecular weight excluding hydrogens is 374 g/mol. The lowest BCUT2D eigenvalue weighted by atomic mass is 9.48. The molecule has 6 rings (SSSR count). The van der Waals surface area contributed by atoms with E-state index in [1.807, 2.05) is 6.07 Å². The first-order valence-corrected chi connectivity index (χ1v) is 10.8. The summed E-state index contributed by atoms with van der Waals surface area (Å²) in [5, 5.41) is 0. The number of carbonyl (C=O) groups is 1. The smallest absolute Gasteiger partial charge is 0.174 e. The number of halogens is 1. The topological polar surface area (TPSA) is 38.8 Å². The Bertz CT molecular complexity index is 822. The zero-order valence-electron chi connectivity index (χ0n) is 16.8. The third-order valence-corrected chi connectivity index (χ3v) is 8.29. The first-order valence-electron chi connectivity index (χ1n) is 10.8. The maximum absolute atomic E-state index is 13.2. The average molecular weight is 404 g/mol. The van der Waals surface area contributed by atoms with Gasteiger partial charge in [-0.1, -0.05) is 19.4 Å². The lowest BCUT2D eigenvalue weighted by Crippen LogP contribution is -2.68. The summed E-state index contributed by atoms with van der Waals surface area (Å²) in [7, 11) is 1.71. The molecule has 0 amide bonds. The molecule has 0 unspecified atom stereocenters. The van der Waals surface area contributed by atoms with E-state index in [0.717, 1.165) is 43.2 Å². The zero-order valence-corrected chi connectivity index (χ0v) is 17.6. The summed E-state index contributed by atoms with van der Waals surface area (Å²) in [6, 6.07) is 4.86. The number of piperidine rings is 1. The Hall–Kier alpha value is -1.26. The molecule has 0 N–H and O–H groups in total. The minimum atomic E-state index is -0.291. The highest BCUT2D eigenvalue weighted by atomic mass is 35.5. The second kappa shape index (κ2) is 6.37. The highest BCUT2D eigenvalue weighted by Gasteiger charge is 2.68. The number of nitrogens with zero attached hydrogens (tertiary/aromatic N) is 1. The first-order chi connectivity index (χ1) is 13.2. The molecule has 5 atom stereocenters. The molecule has 2 heterocycles. The van der Waals surface area contributed by atoms with Gasteiger partial charge in [-0.15, -0.1) is 12.4 Å². The van der Waals surface area contributed by atoms with Gasteiger partial charge < -0.3 is 9.47 Å². The van der Waals surface area contributed by atoms with E-state index in [2.05, 4.69) is 17.9 Å². The predicted octanol–water partition coefficient (Wildman–Crippen LogP) is 3.77. The van der Waals surface area contributed by atoms with Gasteiger partial charge >= 0.3 is 0 Å². The Morgan fingerprint density at radius 2 is 2.11 bits per heavy atom. The Morgan fingerprint density at radius 1 is 1.29 bits per heavy atom. The summed E-state index contributed by atoms with van der Waals surface area (Å²) in [5.74, 6) is 3.93. The molecule has 5 aliphatic rings. The van der Waals surface area contributed by atoms with Gasteiger partial charge in [-0.05, 0) is 61.6 Å². The van der Waals surface area contributed by atoms with Gasteiger partial charge in [0.15, 0.2) is 23.4 Å². The maximum Gasteiger partial charge on any atom is 0.174 e. The molecular formula is C23H30ClNO3. The third-order valence-electron chi connectivity index (χ3n) is 8.29. The monoisotopic (exact) mass is 403 g/mol. The first kappa shape index (κ1) is 18.7. The molecule has 4 nitrogen and oxygen atoms in total. The van der Waals surface area contributed by atoms with E-state index in [1.165, 1.54) is 30.5 Å². The Balaban J connectivity index is 0.00000171. The van der Waals surface area contributed by atoms with Crippen LogP contribution in [0.4, 0.5) is 0 Å². The fourth-order valence-corrected chi connectivity index (χ4v) is 7.06. The highest BCUT2D eigenvalue weighted by Crippen LogP contribution is 2.64. The van der Waals surface area contributed by atoms with E-state index in [-0.39, 0.29) is 23.9 Å². The standard InChI is InChI=1S/C23H29NO3.ClH/c1-3-14-11-17(25)22-23-8-9-24(12-13-4-5-13)16(19(14)23)10-15-6-7-18(26-2)21(27-22)20(15)23;/h6-7,13-14,16,19,22H,3-5,8-12H2,1-2H3;1H/t14-,16+,19-,22-,23-;/m0./s1. The zero-order chi connectivity index (χ0) is 18.3. The van der Waals surface area contributed by atoms with Gasteiger partial charge in [0.2, 0.25) is 0 Å². The van der Waals surface area contributed by atoms with Crippen LogP contribution in [-0.4, -0.2) is 43.0 Å². The van der Waals surface area contributed by atoms with E-state index < -0.39 is 0 Å². The van der Waals surface area contributed by atoms with Crippen molar-refractivity contribution < 1.29 is 14.3 Å². The van der Waals surface area contributed by atoms with Crippen LogP contribution in [0.2, 0.25) is 0 Å². The van der Waals surface area contributed by atoms with Crippen LogP contribution in [0.1, 0.15) is 50.2 Å². The van der Waals surface area contributed by atoms with Gasteiger partial charge in [-0.2, -0.15) is 0 Å². The second-order valence-electron chi connectivity index (χ2n) is 9.49. The van der Waals surface area contributed by atoms with Crippen molar-refractivity contribution in [3.8, 4) is 11.5 Å². The van der Waals surface area contributed by atoms with Gasteiger partial charge in [0, 0.05) is 30.0 Å². The van der Waals surface area contributed by atoms with Crippen LogP contribution in [0.5, 0.6) is 11.5 Å². The second-order valence-corrected chi connectivity index (χ2v) is 9.49. The third kappa shape index (κ3) is 2.25. The Morgan fingerprint density at radius 3 is 2.82 bits per heavy atom. The predicted molar refractivity (Wildman–Crippen MR) is 110 cm³/mol. The van der Waals surface area contributed by atoms with Crippen LogP contribution < -0.4 is 9.47 Å². The molecule has 2 bridgehead atoms. The minimum absolute atomic E-state index is 0. The Kier molecular flexibility index (Phi) is 4.26. The molecule has 3 aliphatic carbocycles. The molecule has 1 aromatic carbocycles. The summed E-state index contributed by atoms with van der Waals surface area (Å²) in [5.41, 5.74) is 2.63. The molecule has 28 heavy (non-hydrogen) atoms. The van der Waals surface area contributed by atoms with Gasteiger partial charge in [-0.3, -0.25) is 9.69 Å². The summed E-state index contributed by atoms with van der Waals surface area (Å²) in [6.07, 6.45) is 6.45. The normalized spacial score (nSPS) is 37.7. The Labute approximate surface area is 173 Å². The molecule has 0 radical (unpaired) electrons. The van der Waals surface area contributed by atoms with Crippen LogP contribution in [0.15, 0.2) is 12.1 Å². The number of Topliss-reactive ketones (excluding diaryl/α,β-unsaturated/α-hetero) is 1. The molecule has 1 aromatic rings. The van der Waals surface area contributed by atoms with Crippen molar-refractivity contribution in [2.45, 2.75) is 63.0 Å². The van der Waals surface area contributed by atoms with Gasteiger partial charge in [0.25, 0.3) is 0 Å². The quantitative estimate of drug-likeness (QED) is 0.767. The van der Waals surface area contributed by atoms with Crippen molar-refractivity contribution in [1.29, 1.82) is 0 Å². The lowest BCUT2D eigenvalue weighted by molar-refractivity contribution is -0.145. The maximum atomic E-state index is 13.2. The van der Waals surface area contributed by atoms with Crippen LogP contribution in [-0.2, 0) is 16.6 Å². The van der Waals surface area contributed by atoms with Gasteiger partial charge in [0.1, 0.15) is 0 Å². The lowest BCUT2D eigenvalue weighted by Gasteiger charge is -2.60. The minimum Gasteiger partial charge on any atom is -0.493 e. The summed E-state index contributed by atoms with van der Waals surface area (Å²) in [4.78, 5) is 16.0. The van der Waals surface area contributed by atoms with E-state index in [9.17, 15) is 4.79 Å². The van der Waals surface area contributed by atoms with Gasteiger partial charge in [0.05, 0.1) is 7.11 Å². The number of benzene rings is 1. The molecule has 3 fully saturated rings. The van der Waals surface area contributed by atoms with E-state index in [1.54, 1.807) is 7.11 Å². The molecule has 1 saturated heterocycles. The largest absolute Gasteiger partial charge is 0.493 e. The van der Waals surface area contributed by atoms with Crippen LogP contribution in [0.25, 0.3) is 0 Å². The van der Waals surface area contributed by atoms with Crippen molar-refractivity contribution in [3.05, 3.63) is 23.3 Å². The summed E-state index contributed by atoms with van der Waals surface area (Å²) >= 11 is 0.